The van der Waals surface area contributed by atoms with E-state index >= 15 is 0 Å². The third kappa shape index (κ3) is 3.64. The third-order valence-electron chi connectivity index (χ3n) is 4.03. The summed E-state index contributed by atoms with van der Waals surface area (Å²) < 4.78 is 15.8. The van der Waals surface area contributed by atoms with Gasteiger partial charge in [0.05, 0.1) is 12.7 Å². The normalized spacial score (nSPS) is 10.9. The number of amides is 1. The maximum atomic E-state index is 12.3. The Labute approximate surface area is 154 Å². The third-order valence-corrected chi connectivity index (χ3v) is 4.03. The van der Waals surface area contributed by atoms with E-state index in [4.69, 9.17) is 13.4 Å². The molecule has 0 spiro atoms. The molecule has 4 aromatic rings. The van der Waals surface area contributed by atoms with Crippen molar-refractivity contribution in [1.29, 1.82) is 0 Å². The first-order valence-corrected chi connectivity index (χ1v) is 8.29. The Balaban J connectivity index is 1.44. The standard InChI is InChI=1S/C19H16N4O4/c1-11-5-6-13(12(2)8-11)9-17-21-22-19(26-17)20-18(24)14-10-16(27-23-14)15-4-3-7-25-15/h3-8,10H,9H2,1-2H3,(H,20,22,24). The molecule has 0 bridgehead atoms. The van der Waals surface area contributed by atoms with Crippen LogP contribution in [-0.2, 0) is 6.42 Å². The Morgan fingerprint density at radius 1 is 1.11 bits per heavy atom. The lowest BCUT2D eigenvalue weighted by atomic mass is 10.0. The molecule has 0 radical (unpaired) electrons. The minimum Gasteiger partial charge on any atom is -0.461 e. The Kier molecular flexibility index (Phi) is 4.29. The highest BCUT2D eigenvalue weighted by atomic mass is 16.5. The van der Waals surface area contributed by atoms with Crippen LogP contribution in [0.3, 0.4) is 0 Å². The number of carbonyl (C=O) groups is 1. The van der Waals surface area contributed by atoms with Gasteiger partial charge < -0.3 is 13.4 Å². The van der Waals surface area contributed by atoms with Crippen LogP contribution in [-0.4, -0.2) is 21.3 Å². The zero-order valence-electron chi connectivity index (χ0n) is 14.7. The fourth-order valence-electron chi connectivity index (χ4n) is 2.66. The fraction of sp³-hybridized carbons (Fsp3) is 0.158. The average molecular weight is 364 g/mol. The molecular weight excluding hydrogens is 348 g/mol. The summed E-state index contributed by atoms with van der Waals surface area (Å²) in [5.74, 6) is 0.730. The van der Waals surface area contributed by atoms with E-state index in [9.17, 15) is 4.79 Å². The van der Waals surface area contributed by atoms with Crippen LogP contribution < -0.4 is 5.32 Å². The van der Waals surface area contributed by atoms with E-state index in [1.807, 2.05) is 26.0 Å². The largest absolute Gasteiger partial charge is 0.461 e. The first-order chi connectivity index (χ1) is 13.1. The quantitative estimate of drug-likeness (QED) is 0.574. The molecule has 4 rings (SSSR count). The van der Waals surface area contributed by atoms with Crippen LogP contribution >= 0.6 is 0 Å². The molecular formula is C19H16N4O4. The predicted molar refractivity (Wildman–Crippen MR) is 95.2 cm³/mol. The molecule has 0 aliphatic carbocycles. The SMILES string of the molecule is Cc1ccc(Cc2nnc(NC(=O)c3cc(-c4ccco4)on3)o2)c(C)c1. The van der Waals surface area contributed by atoms with Crippen molar-refractivity contribution in [3.8, 4) is 11.5 Å². The highest BCUT2D eigenvalue weighted by Crippen LogP contribution is 2.21. The summed E-state index contributed by atoms with van der Waals surface area (Å²) >= 11 is 0. The fourth-order valence-corrected chi connectivity index (χ4v) is 2.66. The summed E-state index contributed by atoms with van der Waals surface area (Å²) in [7, 11) is 0. The Morgan fingerprint density at radius 2 is 2.00 bits per heavy atom. The van der Waals surface area contributed by atoms with Gasteiger partial charge in [-0.2, -0.15) is 0 Å². The van der Waals surface area contributed by atoms with Crippen molar-refractivity contribution in [3.05, 3.63) is 70.9 Å². The summed E-state index contributed by atoms with van der Waals surface area (Å²) in [5, 5.41) is 14.1. The van der Waals surface area contributed by atoms with Crippen molar-refractivity contribution in [2.24, 2.45) is 0 Å². The van der Waals surface area contributed by atoms with Crippen LogP contribution in [0.2, 0.25) is 0 Å². The van der Waals surface area contributed by atoms with Gasteiger partial charge in [0.15, 0.2) is 11.5 Å². The summed E-state index contributed by atoms with van der Waals surface area (Å²) in [4.78, 5) is 12.3. The number of benzene rings is 1. The van der Waals surface area contributed by atoms with Crippen molar-refractivity contribution < 1.29 is 18.2 Å². The number of hydrogen-bond donors (Lipinski definition) is 1. The number of aryl methyl sites for hydroxylation is 2. The molecule has 0 aliphatic heterocycles. The topological polar surface area (TPSA) is 107 Å². The second-order valence-electron chi connectivity index (χ2n) is 6.12. The second kappa shape index (κ2) is 6.91. The molecule has 0 saturated carbocycles. The first kappa shape index (κ1) is 16.8. The van der Waals surface area contributed by atoms with E-state index in [1.165, 1.54) is 17.9 Å². The van der Waals surface area contributed by atoms with Crippen LogP contribution in [0.5, 0.6) is 0 Å². The number of hydrogen-bond acceptors (Lipinski definition) is 7. The van der Waals surface area contributed by atoms with Gasteiger partial charge in [-0.15, -0.1) is 5.10 Å². The van der Waals surface area contributed by atoms with Crippen molar-refractivity contribution in [1.82, 2.24) is 15.4 Å². The van der Waals surface area contributed by atoms with Crippen molar-refractivity contribution >= 4 is 11.9 Å². The molecule has 0 fully saturated rings. The van der Waals surface area contributed by atoms with Crippen molar-refractivity contribution in [2.75, 3.05) is 5.32 Å². The summed E-state index contributed by atoms with van der Waals surface area (Å²) in [5.41, 5.74) is 3.50. The predicted octanol–water partition coefficient (Wildman–Crippen LogP) is 3.78. The molecule has 8 nitrogen and oxygen atoms in total. The van der Waals surface area contributed by atoms with Gasteiger partial charge in [0.1, 0.15) is 0 Å². The number of nitrogens with one attached hydrogen (secondary N) is 1. The van der Waals surface area contributed by atoms with Gasteiger partial charge in [-0.1, -0.05) is 34.0 Å². The molecule has 1 aromatic carbocycles. The van der Waals surface area contributed by atoms with Gasteiger partial charge in [0.25, 0.3) is 5.91 Å². The molecule has 8 heteroatoms. The molecule has 0 saturated heterocycles. The van der Waals surface area contributed by atoms with Crippen LogP contribution in [0.25, 0.3) is 11.5 Å². The van der Waals surface area contributed by atoms with E-state index in [1.54, 1.807) is 12.1 Å². The molecule has 136 valence electrons. The summed E-state index contributed by atoms with van der Waals surface area (Å²) in [6.07, 6.45) is 1.99. The number of carbonyl (C=O) groups excluding carboxylic acids is 1. The Bertz CT molecular complexity index is 1080. The monoisotopic (exact) mass is 364 g/mol. The van der Waals surface area contributed by atoms with Gasteiger partial charge >= 0.3 is 6.01 Å². The van der Waals surface area contributed by atoms with Gasteiger partial charge in [-0.3, -0.25) is 10.1 Å². The van der Waals surface area contributed by atoms with Gasteiger partial charge in [0.2, 0.25) is 11.7 Å². The zero-order chi connectivity index (χ0) is 18.8. The van der Waals surface area contributed by atoms with E-state index in [-0.39, 0.29) is 11.7 Å². The molecule has 0 aliphatic rings. The van der Waals surface area contributed by atoms with Gasteiger partial charge in [-0.25, -0.2) is 0 Å². The van der Waals surface area contributed by atoms with E-state index in [0.29, 0.717) is 23.8 Å². The minimum absolute atomic E-state index is 0.00214. The van der Waals surface area contributed by atoms with Crippen LogP contribution in [0.4, 0.5) is 6.01 Å². The molecule has 0 unspecified atom stereocenters. The molecule has 3 aromatic heterocycles. The van der Waals surface area contributed by atoms with E-state index in [0.717, 1.165) is 11.1 Å². The van der Waals surface area contributed by atoms with Crippen LogP contribution in [0.1, 0.15) is 33.1 Å². The smallest absolute Gasteiger partial charge is 0.322 e. The zero-order valence-corrected chi connectivity index (χ0v) is 14.7. The Hall–Kier alpha value is -3.68. The summed E-state index contributed by atoms with van der Waals surface area (Å²) in [6.45, 7) is 4.07. The molecule has 27 heavy (non-hydrogen) atoms. The van der Waals surface area contributed by atoms with Gasteiger partial charge in [-0.05, 0) is 37.1 Å². The Morgan fingerprint density at radius 3 is 2.78 bits per heavy atom. The number of nitrogens with zero attached hydrogens (tertiary/aromatic N) is 3. The highest BCUT2D eigenvalue weighted by molar-refractivity contribution is 6.01. The maximum Gasteiger partial charge on any atom is 0.322 e. The highest BCUT2D eigenvalue weighted by Gasteiger charge is 2.18. The lowest BCUT2D eigenvalue weighted by Crippen LogP contribution is -2.12. The first-order valence-electron chi connectivity index (χ1n) is 8.29. The van der Waals surface area contributed by atoms with Gasteiger partial charge in [0, 0.05) is 6.07 Å². The second-order valence-corrected chi connectivity index (χ2v) is 6.12. The molecule has 0 atom stereocenters. The summed E-state index contributed by atoms with van der Waals surface area (Å²) in [6, 6.07) is 11.0. The molecule has 3 heterocycles. The lowest BCUT2D eigenvalue weighted by molar-refractivity contribution is 0.101. The van der Waals surface area contributed by atoms with Crippen molar-refractivity contribution in [2.45, 2.75) is 20.3 Å². The number of anilines is 1. The lowest BCUT2D eigenvalue weighted by Gasteiger charge is -2.03. The molecule has 1 amide bonds. The minimum atomic E-state index is -0.515. The van der Waals surface area contributed by atoms with E-state index < -0.39 is 5.91 Å². The van der Waals surface area contributed by atoms with Crippen LogP contribution in [0, 0.1) is 13.8 Å². The maximum absolute atomic E-state index is 12.3. The van der Waals surface area contributed by atoms with Crippen molar-refractivity contribution in [3.63, 3.8) is 0 Å². The number of furan rings is 1. The number of rotatable bonds is 5. The van der Waals surface area contributed by atoms with Crippen LogP contribution in [0.15, 0.2) is 56.0 Å². The molecule has 1 N–H and O–H groups in total. The van der Waals surface area contributed by atoms with E-state index in [2.05, 4.69) is 26.7 Å². The average Bonchev–Trinajstić information content (AvgIpc) is 3.37. The number of aromatic nitrogens is 3.